The van der Waals surface area contributed by atoms with Crippen LogP contribution in [0.2, 0.25) is 0 Å². The fourth-order valence-electron chi connectivity index (χ4n) is 2.71. The molecule has 0 radical (unpaired) electrons. The Morgan fingerprint density at radius 3 is 2.19 bits per heavy atom. The standard InChI is InChI=1S/C20H19NO6/c1-12(2)27-16-9-8-13(10-17(16)25-3)20(24)26-11-21-18(22)14-6-4-5-7-15(14)19(21)23/h4-10,12H,11H2,1-3H3. The van der Waals surface area contributed by atoms with E-state index in [-0.39, 0.29) is 11.7 Å². The van der Waals surface area contributed by atoms with Gasteiger partial charge in [0.15, 0.2) is 18.2 Å². The van der Waals surface area contributed by atoms with Gasteiger partial charge >= 0.3 is 5.97 Å². The molecule has 0 saturated heterocycles. The third-order valence-electron chi connectivity index (χ3n) is 3.96. The number of carbonyl (C=O) groups excluding carboxylic acids is 3. The summed E-state index contributed by atoms with van der Waals surface area (Å²) in [4.78, 5) is 37.8. The van der Waals surface area contributed by atoms with Crippen LogP contribution in [-0.4, -0.2) is 42.6 Å². The fourth-order valence-corrected chi connectivity index (χ4v) is 2.71. The molecular weight excluding hydrogens is 350 g/mol. The van der Waals surface area contributed by atoms with E-state index in [0.717, 1.165) is 4.90 Å². The molecule has 0 fully saturated rings. The highest BCUT2D eigenvalue weighted by molar-refractivity contribution is 6.21. The van der Waals surface area contributed by atoms with Crippen molar-refractivity contribution in [2.45, 2.75) is 20.0 Å². The summed E-state index contributed by atoms with van der Waals surface area (Å²) in [7, 11) is 1.47. The number of imide groups is 1. The fraction of sp³-hybridized carbons (Fsp3) is 0.250. The summed E-state index contributed by atoms with van der Waals surface area (Å²) in [6, 6.07) is 11.1. The molecule has 0 aromatic heterocycles. The van der Waals surface area contributed by atoms with E-state index in [4.69, 9.17) is 14.2 Å². The largest absolute Gasteiger partial charge is 0.493 e. The topological polar surface area (TPSA) is 82.1 Å². The van der Waals surface area contributed by atoms with Crippen molar-refractivity contribution in [3.8, 4) is 11.5 Å². The van der Waals surface area contributed by atoms with Gasteiger partial charge in [-0.05, 0) is 44.2 Å². The number of methoxy groups -OCH3 is 1. The highest BCUT2D eigenvalue weighted by Crippen LogP contribution is 2.29. The van der Waals surface area contributed by atoms with E-state index in [1.54, 1.807) is 30.3 Å². The van der Waals surface area contributed by atoms with Crippen LogP contribution >= 0.6 is 0 Å². The Morgan fingerprint density at radius 2 is 1.63 bits per heavy atom. The smallest absolute Gasteiger partial charge is 0.340 e. The number of amides is 2. The lowest BCUT2D eigenvalue weighted by molar-refractivity contribution is 0.0228. The van der Waals surface area contributed by atoms with Gasteiger partial charge in [-0.3, -0.25) is 9.59 Å². The third kappa shape index (κ3) is 3.62. The number of ether oxygens (including phenoxy) is 3. The molecule has 1 aliphatic rings. The van der Waals surface area contributed by atoms with Crippen molar-refractivity contribution in [2.75, 3.05) is 13.8 Å². The van der Waals surface area contributed by atoms with E-state index in [0.29, 0.717) is 22.6 Å². The van der Waals surface area contributed by atoms with E-state index in [1.807, 2.05) is 13.8 Å². The molecule has 2 aromatic rings. The summed E-state index contributed by atoms with van der Waals surface area (Å²) in [5.74, 6) is -0.757. The minimum Gasteiger partial charge on any atom is -0.493 e. The molecule has 7 heteroatoms. The van der Waals surface area contributed by atoms with Gasteiger partial charge in [0.25, 0.3) is 11.8 Å². The van der Waals surface area contributed by atoms with Gasteiger partial charge in [-0.25, -0.2) is 9.69 Å². The van der Waals surface area contributed by atoms with Crippen LogP contribution in [0.25, 0.3) is 0 Å². The van der Waals surface area contributed by atoms with Crippen LogP contribution < -0.4 is 9.47 Å². The van der Waals surface area contributed by atoms with Crippen molar-refractivity contribution in [1.82, 2.24) is 4.90 Å². The van der Waals surface area contributed by atoms with Crippen LogP contribution in [0.5, 0.6) is 11.5 Å². The zero-order chi connectivity index (χ0) is 19.6. The lowest BCUT2D eigenvalue weighted by atomic mass is 10.1. The van der Waals surface area contributed by atoms with Crippen LogP contribution in [0.1, 0.15) is 44.9 Å². The number of rotatable bonds is 6. The van der Waals surface area contributed by atoms with Crippen LogP contribution in [-0.2, 0) is 4.74 Å². The second kappa shape index (κ2) is 7.49. The number of esters is 1. The number of hydrogen-bond acceptors (Lipinski definition) is 6. The van der Waals surface area contributed by atoms with E-state index in [1.165, 1.54) is 19.2 Å². The summed E-state index contributed by atoms with van der Waals surface area (Å²) in [5, 5.41) is 0. The molecule has 140 valence electrons. The highest BCUT2D eigenvalue weighted by atomic mass is 16.5. The summed E-state index contributed by atoms with van der Waals surface area (Å²) in [6.07, 6.45) is -0.0504. The molecule has 0 N–H and O–H groups in total. The van der Waals surface area contributed by atoms with Gasteiger partial charge in [-0.2, -0.15) is 0 Å². The van der Waals surface area contributed by atoms with Crippen LogP contribution in [0.15, 0.2) is 42.5 Å². The molecule has 7 nitrogen and oxygen atoms in total. The summed E-state index contributed by atoms with van der Waals surface area (Å²) >= 11 is 0. The average molecular weight is 369 g/mol. The lowest BCUT2D eigenvalue weighted by Crippen LogP contribution is -2.33. The Bertz CT molecular complexity index is 870. The van der Waals surface area contributed by atoms with Gasteiger partial charge in [0.1, 0.15) is 0 Å². The predicted molar refractivity (Wildman–Crippen MR) is 96.0 cm³/mol. The first-order valence-corrected chi connectivity index (χ1v) is 8.39. The summed E-state index contributed by atoms with van der Waals surface area (Å²) in [6.45, 7) is 3.30. The first-order valence-electron chi connectivity index (χ1n) is 8.39. The van der Waals surface area contributed by atoms with E-state index >= 15 is 0 Å². The Hall–Kier alpha value is -3.35. The average Bonchev–Trinajstić information content (AvgIpc) is 2.90. The van der Waals surface area contributed by atoms with Crippen molar-refractivity contribution >= 4 is 17.8 Å². The maximum atomic E-state index is 12.3. The Labute approximate surface area is 156 Å². The molecule has 1 aliphatic heterocycles. The molecule has 0 bridgehead atoms. The van der Waals surface area contributed by atoms with Crippen molar-refractivity contribution in [3.05, 3.63) is 59.2 Å². The second-order valence-electron chi connectivity index (χ2n) is 6.18. The van der Waals surface area contributed by atoms with E-state index < -0.39 is 24.5 Å². The molecule has 2 amide bonds. The third-order valence-corrected chi connectivity index (χ3v) is 3.96. The van der Waals surface area contributed by atoms with E-state index in [2.05, 4.69) is 0 Å². The van der Waals surface area contributed by atoms with Crippen molar-refractivity contribution in [1.29, 1.82) is 0 Å². The molecule has 27 heavy (non-hydrogen) atoms. The van der Waals surface area contributed by atoms with Crippen LogP contribution in [0, 0.1) is 0 Å². The molecular formula is C20H19NO6. The van der Waals surface area contributed by atoms with Gasteiger partial charge in [0, 0.05) is 0 Å². The minimum absolute atomic E-state index is 0.0504. The van der Waals surface area contributed by atoms with Crippen molar-refractivity contribution in [3.63, 3.8) is 0 Å². The zero-order valence-electron chi connectivity index (χ0n) is 15.2. The van der Waals surface area contributed by atoms with Gasteiger partial charge in [0.2, 0.25) is 0 Å². The quantitative estimate of drug-likeness (QED) is 0.575. The predicted octanol–water partition coefficient (Wildman–Crippen LogP) is 2.89. The SMILES string of the molecule is COc1cc(C(=O)OCN2C(=O)c3ccccc3C2=O)ccc1OC(C)C. The van der Waals surface area contributed by atoms with Crippen molar-refractivity contribution < 1.29 is 28.6 Å². The molecule has 0 aliphatic carbocycles. The van der Waals surface area contributed by atoms with Gasteiger partial charge in [0.05, 0.1) is 29.9 Å². The first-order chi connectivity index (χ1) is 12.9. The number of benzene rings is 2. The van der Waals surface area contributed by atoms with Gasteiger partial charge in [-0.15, -0.1) is 0 Å². The molecule has 3 rings (SSSR count). The maximum absolute atomic E-state index is 12.3. The maximum Gasteiger partial charge on any atom is 0.340 e. The van der Waals surface area contributed by atoms with Crippen molar-refractivity contribution in [2.24, 2.45) is 0 Å². The Balaban J connectivity index is 1.70. The number of fused-ring (bicyclic) bond motifs is 1. The number of hydrogen-bond donors (Lipinski definition) is 0. The lowest BCUT2D eigenvalue weighted by Gasteiger charge is -2.16. The monoisotopic (exact) mass is 369 g/mol. The summed E-state index contributed by atoms with van der Waals surface area (Å²) < 4.78 is 16.0. The molecule has 2 aromatic carbocycles. The molecule has 1 heterocycles. The molecule has 0 unspecified atom stereocenters. The van der Waals surface area contributed by atoms with E-state index in [9.17, 15) is 14.4 Å². The second-order valence-corrected chi connectivity index (χ2v) is 6.18. The number of carbonyl (C=O) groups is 3. The first kappa shape index (κ1) is 18.4. The molecule has 0 atom stereocenters. The van der Waals surface area contributed by atoms with Gasteiger partial charge in [-0.1, -0.05) is 12.1 Å². The molecule has 0 spiro atoms. The molecule has 0 saturated carbocycles. The zero-order valence-corrected chi connectivity index (χ0v) is 15.2. The summed E-state index contributed by atoms with van der Waals surface area (Å²) in [5.41, 5.74) is 0.824. The minimum atomic E-state index is -0.680. The number of nitrogens with zero attached hydrogens (tertiary/aromatic N) is 1. The highest BCUT2D eigenvalue weighted by Gasteiger charge is 2.35. The van der Waals surface area contributed by atoms with Crippen LogP contribution in [0.4, 0.5) is 0 Å². The van der Waals surface area contributed by atoms with Crippen LogP contribution in [0.3, 0.4) is 0 Å². The Morgan fingerprint density at radius 1 is 1.00 bits per heavy atom. The Kier molecular flexibility index (Phi) is 5.12. The van der Waals surface area contributed by atoms with Gasteiger partial charge < -0.3 is 14.2 Å². The normalized spacial score (nSPS) is 13.0.